The molecule has 0 saturated carbocycles. The number of rotatable bonds is 5. The lowest BCUT2D eigenvalue weighted by atomic mass is 10.2. The van der Waals surface area contributed by atoms with Gasteiger partial charge in [-0.25, -0.2) is 0 Å². The maximum Gasteiger partial charge on any atom is 0.311 e. The van der Waals surface area contributed by atoms with Gasteiger partial charge in [0.1, 0.15) is 5.69 Å². The van der Waals surface area contributed by atoms with E-state index in [0.29, 0.717) is 12.1 Å². The molecule has 1 aromatic carbocycles. The minimum Gasteiger partial charge on any atom is -0.374 e. The van der Waals surface area contributed by atoms with Crippen LogP contribution in [0.1, 0.15) is 0 Å². The summed E-state index contributed by atoms with van der Waals surface area (Å²) in [7, 11) is 0. The molecule has 0 spiro atoms. The zero-order valence-corrected chi connectivity index (χ0v) is 8.74. The van der Waals surface area contributed by atoms with Crippen LogP contribution in [0.4, 0.5) is 21.5 Å². The van der Waals surface area contributed by atoms with Gasteiger partial charge in [0.2, 0.25) is 5.82 Å². The van der Waals surface area contributed by atoms with Crippen LogP contribution < -0.4 is 5.32 Å². The number of aliphatic hydroxyl groups excluding tert-OH is 1. The summed E-state index contributed by atoms with van der Waals surface area (Å²) in [6.45, 7) is -0.488. The normalized spacial score (nSPS) is 10.4. The molecule has 18 heavy (non-hydrogen) atoms. The molecule has 0 aliphatic carbocycles. The molecule has 10 heteroatoms. The van der Waals surface area contributed by atoms with Gasteiger partial charge in [0.05, 0.1) is 22.5 Å². The molecule has 0 amide bonds. The molecular formula is C8H8FN3O6. The predicted octanol–water partition coefficient (Wildman–Crippen LogP) is 0.365. The second kappa shape index (κ2) is 5.33. The number of hydrogen-bond donors (Lipinski definition) is 3. The van der Waals surface area contributed by atoms with Gasteiger partial charge < -0.3 is 15.5 Å². The van der Waals surface area contributed by atoms with Crippen molar-refractivity contribution < 1.29 is 24.5 Å². The number of anilines is 1. The van der Waals surface area contributed by atoms with Crippen LogP contribution in [-0.4, -0.2) is 32.9 Å². The van der Waals surface area contributed by atoms with E-state index in [9.17, 15) is 24.6 Å². The Kier molecular flexibility index (Phi) is 4.07. The van der Waals surface area contributed by atoms with Crippen LogP contribution >= 0.6 is 0 Å². The maximum atomic E-state index is 13.2. The van der Waals surface area contributed by atoms with Crippen molar-refractivity contribution in [2.45, 2.75) is 6.29 Å². The zero-order valence-electron chi connectivity index (χ0n) is 8.74. The second-order valence-corrected chi connectivity index (χ2v) is 3.20. The van der Waals surface area contributed by atoms with E-state index in [2.05, 4.69) is 5.32 Å². The van der Waals surface area contributed by atoms with E-state index in [0.717, 1.165) is 0 Å². The Morgan fingerprint density at radius 1 is 1.22 bits per heavy atom. The lowest BCUT2D eigenvalue weighted by molar-refractivity contribution is -0.395. The van der Waals surface area contributed by atoms with Crippen LogP contribution in [0.3, 0.4) is 0 Å². The third-order valence-electron chi connectivity index (χ3n) is 1.93. The number of benzene rings is 1. The number of nitro groups is 2. The minimum atomic E-state index is -1.80. The first-order valence-corrected chi connectivity index (χ1v) is 4.55. The topological polar surface area (TPSA) is 139 Å². The number of aliphatic hydroxyl groups is 2. The summed E-state index contributed by atoms with van der Waals surface area (Å²) in [5.41, 5.74) is -2.14. The molecule has 0 aliphatic rings. The summed E-state index contributed by atoms with van der Waals surface area (Å²) in [6, 6.07) is 1.01. The summed E-state index contributed by atoms with van der Waals surface area (Å²) >= 11 is 0. The monoisotopic (exact) mass is 261 g/mol. The van der Waals surface area contributed by atoms with Gasteiger partial charge in [-0.3, -0.25) is 20.2 Å². The highest BCUT2D eigenvalue weighted by Crippen LogP contribution is 2.31. The maximum absolute atomic E-state index is 13.2. The van der Waals surface area contributed by atoms with Crippen molar-refractivity contribution in [2.75, 3.05) is 11.9 Å². The first-order chi connectivity index (χ1) is 8.32. The Labute approximate surface area is 98.8 Å². The average Bonchev–Trinajstić information content (AvgIpc) is 2.25. The van der Waals surface area contributed by atoms with Crippen LogP contribution in [-0.2, 0) is 0 Å². The average molecular weight is 261 g/mol. The lowest BCUT2D eigenvalue weighted by Gasteiger charge is -2.08. The Morgan fingerprint density at radius 3 is 2.22 bits per heavy atom. The van der Waals surface area contributed by atoms with Gasteiger partial charge in [-0.05, 0) is 0 Å². The zero-order chi connectivity index (χ0) is 13.9. The molecule has 0 aromatic heterocycles. The van der Waals surface area contributed by atoms with E-state index in [1.807, 2.05) is 0 Å². The van der Waals surface area contributed by atoms with Gasteiger partial charge >= 0.3 is 5.69 Å². The largest absolute Gasteiger partial charge is 0.374 e. The summed E-state index contributed by atoms with van der Waals surface area (Å²) in [4.78, 5) is 19.0. The van der Waals surface area contributed by atoms with E-state index in [4.69, 9.17) is 10.2 Å². The number of nitro benzene ring substituents is 2. The molecule has 0 unspecified atom stereocenters. The Balaban J connectivity index is 3.20. The van der Waals surface area contributed by atoms with Crippen LogP contribution in [0.5, 0.6) is 0 Å². The molecule has 0 heterocycles. The van der Waals surface area contributed by atoms with Gasteiger partial charge in [0.25, 0.3) is 5.69 Å². The summed E-state index contributed by atoms with van der Waals surface area (Å²) in [6.07, 6.45) is -1.80. The minimum absolute atomic E-state index is 0.379. The molecule has 1 rings (SSSR count). The van der Waals surface area contributed by atoms with Crippen molar-refractivity contribution in [2.24, 2.45) is 0 Å². The first-order valence-electron chi connectivity index (χ1n) is 4.55. The van der Waals surface area contributed by atoms with Gasteiger partial charge in [-0.1, -0.05) is 0 Å². The van der Waals surface area contributed by atoms with E-state index in [-0.39, 0.29) is 5.69 Å². The first kappa shape index (κ1) is 13.7. The van der Waals surface area contributed by atoms with E-state index in [1.165, 1.54) is 0 Å². The van der Waals surface area contributed by atoms with Gasteiger partial charge in [0, 0.05) is 6.07 Å². The molecule has 0 bridgehead atoms. The number of halogens is 1. The van der Waals surface area contributed by atoms with Crippen LogP contribution in [0, 0.1) is 26.0 Å². The number of hydrogen-bond acceptors (Lipinski definition) is 7. The molecule has 3 N–H and O–H groups in total. The third kappa shape index (κ3) is 3.09. The fraction of sp³-hybridized carbons (Fsp3) is 0.250. The summed E-state index contributed by atoms with van der Waals surface area (Å²) in [5, 5.41) is 40.4. The van der Waals surface area contributed by atoms with Crippen molar-refractivity contribution in [3.8, 4) is 0 Å². The van der Waals surface area contributed by atoms with Crippen LogP contribution in [0.25, 0.3) is 0 Å². The highest BCUT2D eigenvalue weighted by molar-refractivity contribution is 5.65. The van der Waals surface area contributed by atoms with E-state index in [1.54, 1.807) is 0 Å². The molecule has 0 fully saturated rings. The fourth-order valence-electron chi connectivity index (χ4n) is 1.18. The van der Waals surface area contributed by atoms with Crippen molar-refractivity contribution >= 4 is 17.1 Å². The molecule has 9 nitrogen and oxygen atoms in total. The fourth-order valence-corrected chi connectivity index (χ4v) is 1.18. The third-order valence-corrected chi connectivity index (χ3v) is 1.93. The Morgan fingerprint density at radius 2 is 1.78 bits per heavy atom. The Bertz CT molecular complexity index is 492. The molecule has 0 atom stereocenters. The smallest absolute Gasteiger partial charge is 0.311 e. The lowest BCUT2D eigenvalue weighted by Crippen LogP contribution is -2.19. The van der Waals surface area contributed by atoms with E-state index < -0.39 is 39.9 Å². The molecule has 98 valence electrons. The van der Waals surface area contributed by atoms with Gasteiger partial charge in [0.15, 0.2) is 6.29 Å². The molecular weight excluding hydrogens is 253 g/mol. The number of nitrogens with zero attached hydrogens (tertiary/aromatic N) is 2. The standard InChI is InChI=1S/C8H8FN3O6/c9-4-1-5(10-3-8(13)14)7(12(17)18)2-6(4)11(15)16/h1-2,8,10,13-14H,3H2. The summed E-state index contributed by atoms with van der Waals surface area (Å²) < 4.78 is 13.2. The quantitative estimate of drug-likeness (QED) is 0.395. The second-order valence-electron chi connectivity index (χ2n) is 3.20. The SMILES string of the molecule is O=[N+]([O-])c1cc([N+](=O)[O-])c(NCC(O)O)cc1F. The predicted molar refractivity (Wildman–Crippen MR) is 56.4 cm³/mol. The highest BCUT2D eigenvalue weighted by Gasteiger charge is 2.24. The van der Waals surface area contributed by atoms with Gasteiger partial charge in [-0.15, -0.1) is 0 Å². The van der Waals surface area contributed by atoms with Crippen LogP contribution in [0.2, 0.25) is 0 Å². The summed E-state index contributed by atoms with van der Waals surface area (Å²) in [5.74, 6) is -1.26. The van der Waals surface area contributed by atoms with Crippen molar-refractivity contribution in [3.63, 3.8) is 0 Å². The molecule has 0 saturated heterocycles. The molecule has 0 radical (unpaired) electrons. The molecule has 0 aliphatic heterocycles. The van der Waals surface area contributed by atoms with Crippen molar-refractivity contribution in [1.29, 1.82) is 0 Å². The Hall–Kier alpha value is -2.33. The van der Waals surface area contributed by atoms with E-state index >= 15 is 0 Å². The van der Waals surface area contributed by atoms with Crippen molar-refractivity contribution in [1.82, 2.24) is 0 Å². The van der Waals surface area contributed by atoms with Crippen molar-refractivity contribution in [3.05, 3.63) is 38.2 Å². The molecule has 1 aromatic rings. The number of nitrogens with one attached hydrogen (secondary N) is 1. The highest BCUT2D eigenvalue weighted by atomic mass is 19.1. The van der Waals surface area contributed by atoms with Gasteiger partial charge in [-0.2, -0.15) is 4.39 Å². The van der Waals surface area contributed by atoms with Crippen LogP contribution in [0.15, 0.2) is 12.1 Å².